The van der Waals surface area contributed by atoms with Gasteiger partial charge < -0.3 is 15.8 Å². The fourth-order valence-electron chi connectivity index (χ4n) is 2.10. The highest BCUT2D eigenvalue weighted by molar-refractivity contribution is 4.78. The van der Waals surface area contributed by atoms with Crippen LogP contribution in [0.3, 0.4) is 0 Å². The average Bonchev–Trinajstić information content (AvgIpc) is 2.19. The Morgan fingerprint density at radius 1 is 1.33 bits per heavy atom. The first-order chi connectivity index (χ1) is 7.14. The normalized spacial score (nSPS) is 19.4. The van der Waals surface area contributed by atoms with Crippen LogP contribution in [0.15, 0.2) is 0 Å². The molecule has 1 heterocycles. The van der Waals surface area contributed by atoms with Crippen molar-refractivity contribution in [1.82, 2.24) is 5.32 Å². The number of hydrogen-bond donors (Lipinski definition) is 2. The van der Waals surface area contributed by atoms with E-state index in [1.54, 1.807) is 0 Å². The van der Waals surface area contributed by atoms with E-state index in [0.717, 1.165) is 38.6 Å². The van der Waals surface area contributed by atoms with Crippen LogP contribution < -0.4 is 11.1 Å². The summed E-state index contributed by atoms with van der Waals surface area (Å²) in [6.45, 7) is 8.23. The minimum Gasteiger partial charge on any atom is -0.381 e. The van der Waals surface area contributed by atoms with Gasteiger partial charge in [-0.15, -0.1) is 0 Å². The lowest BCUT2D eigenvalue weighted by Gasteiger charge is -2.28. The molecule has 1 fully saturated rings. The monoisotopic (exact) mass is 214 g/mol. The maximum absolute atomic E-state index is 5.57. The zero-order chi connectivity index (χ0) is 11.1. The van der Waals surface area contributed by atoms with Crippen molar-refractivity contribution < 1.29 is 4.74 Å². The van der Waals surface area contributed by atoms with Gasteiger partial charge in [0.15, 0.2) is 0 Å². The van der Waals surface area contributed by atoms with Crippen molar-refractivity contribution in [3.8, 4) is 0 Å². The molecule has 1 saturated heterocycles. The van der Waals surface area contributed by atoms with Crippen molar-refractivity contribution in [3.05, 3.63) is 0 Å². The van der Waals surface area contributed by atoms with E-state index in [9.17, 15) is 0 Å². The van der Waals surface area contributed by atoms with E-state index >= 15 is 0 Å². The summed E-state index contributed by atoms with van der Waals surface area (Å²) in [5.74, 6) is 0.861. The highest BCUT2D eigenvalue weighted by Crippen LogP contribution is 2.18. The number of hydrogen-bond acceptors (Lipinski definition) is 3. The molecule has 3 nitrogen and oxygen atoms in total. The standard InChI is InChI=1S/C12H26N2O/c1-12(2,6-7-13)14-8-3-11-4-9-15-10-5-11/h11,14H,3-10,13H2,1-2H3. The lowest BCUT2D eigenvalue weighted by molar-refractivity contribution is 0.0633. The average molecular weight is 214 g/mol. The molecule has 90 valence electrons. The van der Waals surface area contributed by atoms with Gasteiger partial charge in [0, 0.05) is 18.8 Å². The van der Waals surface area contributed by atoms with Crippen molar-refractivity contribution >= 4 is 0 Å². The molecule has 0 aromatic heterocycles. The zero-order valence-electron chi connectivity index (χ0n) is 10.2. The highest BCUT2D eigenvalue weighted by atomic mass is 16.5. The van der Waals surface area contributed by atoms with E-state index in [0.29, 0.717) is 0 Å². The molecular weight excluding hydrogens is 188 g/mol. The second-order valence-electron chi connectivity index (χ2n) is 5.19. The Morgan fingerprint density at radius 3 is 2.60 bits per heavy atom. The molecule has 0 spiro atoms. The molecule has 3 heteroatoms. The molecule has 1 rings (SSSR count). The third-order valence-corrected chi connectivity index (χ3v) is 3.27. The molecule has 0 atom stereocenters. The van der Waals surface area contributed by atoms with Gasteiger partial charge in [-0.3, -0.25) is 0 Å². The lowest BCUT2D eigenvalue weighted by Crippen LogP contribution is -2.42. The predicted molar refractivity (Wildman–Crippen MR) is 63.9 cm³/mol. The summed E-state index contributed by atoms with van der Waals surface area (Å²) in [6.07, 6.45) is 4.79. The van der Waals surface area contributed by atoms with E-state index in [1.165, 1.54) is 19.3 Å². The molecule has 0 unspecified atom stereocenters. The fraction of sp³-hybridized carbons (Fsp3) is 1.00. The molecule has 0 radical (unpaired) electrons. The molecule has 1 aliphatic heterocycles. The van der Waals surface area contributed by atoms with Crippen LogP contribution in [-0.4, -0.2) is 31.8 Å². The molecule has 0 amide bonds. The number of nitrogens with one attached hydrogen (secondary N) is 1. The molecule has 0 aliphatic carbocycles. The van der Waals surface area contributed by atoms with Crippen molar-refractivity contribution in [1.29, 1.82) is 0 Å². The summed E-state index contributed by atoms with van der Waals surface area (Å²) in [7, 11) is 0. The van der Waals surface area contributed by atoms with Crippen molar-refractivity contribution in [2.24, 2.45) is 11.7 Å². The number of nitrogens with two attached hydrogens (primary N) is 1. The van der Waals surface area contributed by atoms with Crippen LogP contribution in [0.2, 0.25) is 0 Å². The summed E-state index contributed by atoms with van der Waals surface area (Å²) in [6, 6.07) is 0. The quantitative estimate of drug-likeness (QED) is 0.705. The Balaban J connectivity index is 2.09. The first kappa shape index (κ1) is 12.9. The van der Waals surface area contributed by atoms with Crippen LogP contribution >= 0.6 is 0 Å². The Kier molecular flexibility index (Phi) is 5.58. The Bertz CT molecular complexity index is 165. The van der Waals surface area contributed by atoms with Gasteiger partial charge in [-0.1, -0.05) is 0 Å². The molecule has 0 bridgehead atoms. The van der Waals surface area contributed by atoms with Gasteiger partial charge in [0.05, 0.1) is 0 Å². The summed E-state index contributed by atoms with van der Waals surface area (Å²) in [4.78, 5) is 0. The van der Waals surface area contributed by atoms with Gasteiger partial charge in [0.2, 0.25) is 0 Å². The molecular formula is C12H26N2O. The largest absolute Gasteiger partial charge is 0.381 e. The predicted octanol–water partition coefficient (Wildman–Crippen LogP) is 1.52. The highest BCUT2D eigenvalue weighted by Gasteiger charge is 2.17. The van der Waals surface area contributed by atoms with Gasteiger partial charge in [0.1, 0.15) is 0 Å². The SMILES string of the molecule is CC(C)(CCN)NCCC1CCOCC1. The second kappa shape index (κ2) is 6.46. The maximum atomic E-state index is 5.57. The van der Waals surface area contributed by atoms with Gasteiger partial charge in [0.25, 0.3) is 0 Å². The maximum Gasteiger partial charge on any atom is 0.0468 e. The first-order valence-corrected chi connectivity index (χ1v) is 6.17. The molecule has 15 heavy (non-hydrogen) atoms. The fourth-order valence-corrected chi connectivity index (χ4v) is 2.10. The summed E-state index contributed by atoms with van der Waals surface area (Å²) in [5.41, 5.74) is 5.77. The van der Waals surface area contributed by atoms with Crippen LogP contribution in [0.1, 0.15) is 39.5 Å². The van der Waals surface area contributed by atoms with Crippen LogP contribution in [-0.2, 0) is 4.74 Å². The van der Waals surface area contributed by atoms with Crippen LogP contribution in [0, 0.1) is 5.92 Å². The molecule has 3 N–H and O–H groups in total. The Morgan fingerprint density at radius 2 is 2.00 bits per heavy atom. The van der Waals surface area contributed by atoms with Gasteiger partial charge in [-0.2, -0.15) is 0 Å². The summed E-state index contributed by atoms with van der Waals surface area (Å²) in [5, 5.41) is 3.59. The number of ether oxygens (including phenoxy) is 1. The third-order valence-electron chi connectivity index (χ3n) is 3.27. The lowest BCUT2D eigenvalue weighted by atomic mass is 9.95. The molecule has 0 aromatic rings. The summed E-state index contributed by atoms with van der Waals surface area (Å²) >= 11 is 0. The van der Waals surface area contributed by atoms with Gasteiger partial charge in [-0.05, 0) is 58.5 Å². The van der Waals surface area contributed by atoms with Gasteiger partial charge in [-0.25, -0.2) is 0 Å². The van der Waals surface area contributed by atoms with Crippen LogP contribution in [0.5, 0.6) is 0 Å². The zero-order valence-corrected chi connectivity index (χ0v) is 10.2. The minimum atomic E-state index is 0.194. The molecule has 0 saturated carbocycles. The van der Waals surface area contributed by atoms with E-state index in [2.05, 4.69) is 19.2 Å². The van der Waals surface area contributed by atoms with Crippen molar-refractivity contribution in [2.75, 3.05) is 26.3 Å². The van der Waals surface area contributed by atoms with Gasteiger partial charge >= 0.3 is 0 Å². The Labute approximate surface area is 93.8 Å². The smallest absolute Gasteiger partial charge is 0.0468 e. The van der Waals surface area contributed by atoms with Crippen molar-refractivity contribution in [2.45, 2.75) is 45.1 Å². The van der Waals surface area contributed by atoms with Crippen LogP contribution in [0.4, 0.5) is 0 Å². The summed E-state index contributed by atoms with van der Waals surface area (Å²) < 4.78 is 5.35. The van der Waals surface area contributed by atoms with E-state index in [1.807, 2.05) is 0 Å². The van der Waals surface area contributed by atoms with Crippen LogP contribution in [0.25, 0.3) is 0 Å². The first-order valence-electron chi connectivity index (χ1n) is 6.17. The van der Waals surface area contributed by atoms with E-state index < -0.39 is 0 Å². The molecule has 1 aliphatic rings. The van der Waals surface area contributed by atoms with E-state index in [-0.39, 0.29) is 5.54 Å². The molecule has 0 aromatic carbocycles. The Hall–Kier alpha value is -0.120. The minimum absolute atomic E-state index is 0.194. The topological polar surface area (TPSA) is 47.3 Å². The van der Waals surface area contributed by atoms with E-state index in [4.69, 9.17) is 10.5 Å². The third kappa shape index (κ3) is 5.50. The second-order valence-corrected chi connectivity index (χ2v) is 5.19. The number of rotatable bonds is 6. The van der Waals surface area contributed by atoms with Crippen molar-refractivity contribution in [3.63, 3.8) is 0 Å².